The molecule has 0 amide bonds. The first-order valence-electron chi connectivity index (χ1n) is 5.34. The Bertz CT molecular complexity index is 767. The van der Waals surface area contributed by atoms with Gasteiger partial charge in [-0.15, -0.1) is 0 Å². The highest BCUT2D eigenvalue weighted by Crippen LogP contribution is 2.18. The normalized spacial score (nSPS) is 10.8. The van der Waals surface area contributed by atoms with Crippen molar-refractivity contribution in [3.8, 4) is 11.5 Å². The van der Waals surface area contributed by atoms with E-state index in [0.717, 1.165) is 6.20 Å². The summed E-state index contributed by atoms with van der Waals surface area (Å²) in [5, 5.41) is 8.87. The molecular formula is C12H7FN4O2. The van der Waals surface area contributed by atoms with Gasteiger partial charge in [0.1, 0.15) is 11.5 Å². The van der Waals surface area contributed by atoms with E-state index in [2.05, 4.69) is 19.9 Å². The molecule has 3 heterocycles. The van der Waals surface area contributed by atoms with Gasteiger partial charge in [-0.1, -0.05) is 0 Å². The van der Waals surface area contributed by atoms with Crippen LogP contribution in [0.2, 0.25) is 0 Å². The Hall–Kier alpha value is -2.83. The monoisotopic (exact) mass is 258 g/mol. The van der Waals surface area contributed by atoms with Gasteiger partial charge in [-0.2, -0.15) is 0 Å². The number of carboxylic acid groups (broad SMARTS) is 1. The summed E-state index contributed by atoms with van der Waals surface area (Å²) in [6.45, 7) is 0. The number of hydrogen-bond donors (Lipinski definition) is 2. The van der Waals surface area contributed by atoms with Crippen LogP contribution in [0.25, 0.3) is 22.7 Å². The fraction of sp³-hybridized carbons (Fsp3) is 0. The minimum absolute atomic E-state index is 0.0646. The van der Waals surface area contributed by atoms with Gasteiger partial charge in [0.05, 0.1) is 17.3 Å². The van der Waals surface area contributed by atoms with E-state index in [1.165, 1.54) is 24.4 Å². The molecule has 0 saturated carbocycles. The summed E-state index contributed by atoms with van der Waals surface area (Å²) in [6.07, 6.45) is 2.31. The van der Waals surface area contributed by atoms with Crippen molar-refractivity contribution in [2.45, 2.75) is 0 Å². The highest BCUT2D eigenvalue weighted by atomic mass is 19.1. The Balaban J connectivity index is 2.11. The fourth-order valence-electron chi connectivity index (χ4n) is 1.65. The van der Waals surface area contributed by atoms with Crippen LogP contribution in [-0.2, 0) is 0 Å². The molecule has 7 heteroatoms. The van der Waals surface area contributed by atoms with Crippen LogP contribution >= 0.6 is 0 Å². The van der Waals surface area contributed by atoms with Crippen LogP contribution in [0.5, 0.6) is 0 Å². The molecule has 0 aliphatic carbocycles. The first-order chi connectivity index (χ1) is 9.13. The third kappa shape index (κ3) is 2.01. The Kier molecular flexibility index (Phi) is 2.45. The third-order valence-electron chi connectivity index (χ3n) is 2.55. The minimum Gasteiger partial charge on any atom is -0.478 e. The predicted octanol–water partition coefficient (Wildman–Crippen LogP) is 1.86. The Labute approximate surface area is 106 Å². The molecule has 94 valence electrons. The molecule has 0 aliphatic heterocycles. The van der Waals surface area contributed by atoms with E-state index in [4.69, 9.17) is 5.11 Å². The maximum absolute atomic E-state index is 12.8. The van der Waals surface area contributed by atoms with Crippen LogP contribution in [0.1, 0.15) is 10.4 Å². The van der Waals surface area contributed by atoms with E-state index >= 15 is 0 Å². The molecule has 0 radical (unpaired) electrons. The van der Waals surface area contributed by atoms with Crippen molar-refractivity contribution in [3.05, 3.63) is 42.0 Å². The van der Waals surface area contributed by atoms with Crippen molar-refractivity contribution in [3.63, 3.8) is 0 Å². The Morgan fingerprint density at radius 1 is 1.26 bits per heavy atom. The van der Waals surface area contributed by atoms with E-state index in [-0.39, 0.29) is 5.56 Å². The Morgan fingerprint density at radius 2 is 2.11 bits per heavy atom. The van der Waals surface area contributed by atoms with Crippen molar-refractivity contribution in [1.82, 2.24) is 19.9 Å². The van der Waals surface area contributed by atoms with Gasteiger partial charge >= 0.3 is 5.97 Å². The second-order valence-corrected chi connectivity index (χ2v) is 3.85. The molecule has 6 nitrogen and oxygen atoms in total. The fourth-order valence-corrected chi connectivity index (χ4v) is 1.65. The largest absolute Gasteiger partial charge is 0.478 e. The average Bonchev–Trinajstić information content (AvgIpc) is 2.82. The van der Waals surface area contributed by atoms with Gasteiger partial charge in [0.2, 0.25) is 0 Å². The number of carboxylic acids is 1. The van der Waals surface area contributed by atoms with E-state index in [1.54, 1.807) is 0 Å². The highest BCUT2D eigenvalue weighted by molar-refractivity contribution is 5.91. The van der Waals surface area contributed by atoms with Crippen molar-refractivity contribution in [2.24, 2.45) is 0 Å². The number of hydrogen-bond acceptors (Lipinski definition) is 4. The molecule has 0 aliphatic rings. The maximum atomic E-state index is 12.8. The quantitative estimate of drug-likeness (QED) is 0.731. The van der Waals surface area contributed by atoms with Gasteiger partial charge in [0.15, 0.2) is 11.5 Å². The molecule has 0 bridgehead atoms. The van der Waals surface area contributed by atoms with Crippen LogP contribution in [0.4, 0.5) is 4.39 Å². The number of aromatic amines is 1. The zero-order chi connectivity index (χ0) is 13.4. The van der Waals surface area contributed by atoms with Crippen LogP contribution < -0.4 is 0 Å². The standard InChI is InChI=1S/C12H7FN4O2/c13-7-1-2-8(14-5-7)11-16-9-3-6(12(18)19)4-15-10(9)17-11/h1-5H,(H,18,19)(H,15,16,17). The van der Waals surface area contributed by atoms with Gasteiger partial charge < -0.3 is 10.1 Å². The zero-order valence-corrected chi connectivity index (χ0v) is 9.46. The number of carbonyl (C=O) groups is 1. The number of imidazole rings is 1. The summed E-state index contributed by atoms with van der Waals surface area (Å²) in [7, 11) is 0. The van der Waals surface area contributed by atoms with Crippen LogP contribution in [0.3, 0.4) is 0 Å². The molecule has 0 fully saturated rings. The van der Waals surface area contributed by atoms with Gasteiger partial charge in [0, 0.05) is 6.20 Å². The average molecular weight is 258 g/mol. The zero-order valence-electron chi connectivity index (χ0n) is 9.46. The first kappa shape index (κ1) is 11.3. The summed E-state index contributed by atoms with van der Waals surface area (Å²) >= 11 is 0. The minimum atomic E-state index is -1.06. The predicted molar refractivity (Wildman–Crippen MR) is 64.0 cm³/mol. The molecule has 19 heavy (non-hydrogen) atoms. The maximum Gasteiger partial charge on any atom is 0.337 e. The van der Waals surface area contributed by atoms with E-state index in [0.29, 0.717) is 22.7 Å². The number of fused-ring (bicyclic) bond motifs is 1. The molecule has 0 saturated heterocycles. The Morgan fingerprint density at radius 3 is 2.79 bits per heavy atom. The van der Waals surface area contributed by atoms with Crippen molar-refractivity contribution in [2.75, 3.05) is 0 Å². The number of nitrogens with one attached hydrogen (secondary N) is 1. The number of nitrogens with zero attached hydrogens (tertiary/aromatic N) is 3. The molecule has 3 rings (SSSR count). The van der Waals surface area contributed by atoms with E-state index in [9.17, 15) is 9.18 Å². The highest BCUT2D eigenvalue weighted by Gasteiger charge is 2.10. The molecule has 2 N–H and O–H groups in total. The number of aromatic nitrogens is 4. The number of rotatable bonds is 2. The molecule has 0 spiro atoms. The molecule has 0 aromatic carbocycles. The summed E-state index contributed by atoms with van der Waals surface area (Å²) in [6, 6.07) is 4.18. The number of pyridine rings is 2. The topological polar surface area (TPSA) is 91.8 Å². The third-order valence-corrected chi connectivity index (χ3v) is 2.55. The first-order valence-corrected chi connectivity index (χ1v) is 5.34. The van der Waals surface area contributed by atoms with Gasteiger partial charge in [-0.05, 0) is 18.2 Å². The second kappa shape index (κ2) is 4.13. The van der Waals surface area contributed by atoms with E-state index in [1.807, 2.05) is 0 Å². The van der Waals surface area contributed by atoms with Crippen molar-refractivity contribution in [1.29, 1.82) is 0 Å². The SMILES string of the molecule is O=C(O)c1cnc2nc(-c3ccc(F)cn3)[nH]c2c1. The summed E-state index contributed by atoms with van der Waals surface area (Å²) in [5.41, 5.74) is 1.39. The number of aromatic carboxylic acids is 1. The molecule has 0 unspecified atom stereocenters. The molecule has 3 aromatic rings. The number of H-pyrrole nitrogens is 1. The van der Waals surface area contributed by atoms with Gasteiger partial charge in [-0.25, -0.2) is 24.1 Å². The second-order valence-electron chi connectivity index (χ2n) is 3.85. The van der Waals surface area contributed by atoms with Crippen molar-refractivity contribution < 1.29 is 14.3 Å². The lowest BCUT2D eigenvalue weighted by Crippen LogP contribution is -1.96. The van der Waals surface area contributed by atoms with Crippen LogP contribution in [-0.4, -0.2) is 31.0 Å². The lowest BCUT2D eigenvalue weighted by Gasteiger charge is -1.93. The lowest BCUT2D eigenvalue weighted by atomic mass is 10.3. The summed E-state index contributed by atoms with van der Waals surface area (Å²) in [4.78, 5) is 25.7. The van der Waals surface area contributed by atoms with Gasteiger partial charge in [-0.3, -0.25) is 0 Å². The van der Waals surface area contributed by atoms with E-state index < -0.39 is 11.8 Å². The van der Waals surface area contributed by atoms with Gasteiger partial charge in [0.25, 0.3) is 0 Å². The summed E-state index contributed by atoms with van der Waals surface area (Å²) in [5.74, 6) is -1.10. The molecular weight excluding hydrogens is 251 g/mol. The lowest BCUT2D eigenvalue weighted by molar-refractivity contribution is 0.0696. The van der Waals surface area contributed by atoms with Crippen LogP contribution in [0.15, 0.2) is 30.6 Å². The van der Waals surface area contributed by atoms with Crippen LogP contribution in [0, 0.1) is 5.82 Å². The molecule has 0 atom stereocenters. The molecule has 3 aromatic heterocycles. The van der Waals surface area contributed by atoms with Crippen molar-refractivity contribution >= 4 is 17.1 Å². The number of halogens is 1. The summed E-state index contributed by atoms with van der Waals surface area (Å²) < 4.78 is 12.8. The smallest absolute Gasteiger partial charge is 0.337 e.